The topological polar surface area (TPSA) is 117 Å². The van der Waals surface area contributed by atoms with E-state index < -0.39 is 28.2 Å². The van der Waals surface area contributed by atoms with Gasteiger partial charge in [0.15, 0.2) is 6.61 Å². The first-order valence-electron chi connectivity index (χ1n) is 9.81. The van der Waals surface area contributed by atoms with Crippen LogP contribution in [0.1, 0.15) is 18.4 Å². The summed E-state index contributed by atoms with van der Waals surface area (Å²) in [6.07, 6.45) is 1.90. The summed E-state index contributed by atoms with van der Waals surface area (Å²) in [7, 11) is -3.76. The van der Waals surface area contributed by atoms with Crippen molar-refractivity contribution in [3.8, 4) is 5.75 Å². The predicted octanol–water partition coefficient (Wildman–Crippen LogP) is 2.37. The van der Waals surface area contributed by atoms with Crippen molar-refractivity contribution in [2.75, 3.05) is 19.7 Å². The van der Waals surface area contributed by atoms with Crippen LogP contribution < -0.4 is 4.74 Å². The number of sulfonamides is 1. The SMILES string of the molecule is O=C(O)COc1cccc(C2(O)CCN(S(=O)(=O)c3ccnc4ccccc34)CC2)c1. The summed E-state index contributed by atoms with van der Waals surface area (Å²) in [5, 5.41) is 20.5. The van der Waals surface area contributed by atoms with Gasteiger partial charge in [-0.2, -0.15) is 4.31 Å². The molecule has 0 aliphatic carbocycles. The summed E-state index contributed by atoms with van der Waals surface area (Å²) < 4.78 is 33.2. The molecule has 31 heavy (non-hydrogen) atoms. The number of rotatable bonds is 6. The minimum atomic E-state index is -3.76. The molecule has 1 fully saturated rings. The molecule has 0 spiro atoms. The fraction of sp³-hybridized carbons (Fsp3) is 0.273. The van der Waals surface area contributed by atoms with Crippen LogP contribution in [-0.2, 0) is 20.4 Å². The molecule has 1 saturated heterocycles. The number of pyridine rings is 1. The van der Waals surface area contributed by atoms with E-state index in [0.717, 1.165) is 0 Å². The maximum absolute atomic E-state index is 13.3. The highest BCUT2D eigenvalue weighted by molar-refractivity contribution is 7.89. The number of aliphatic hydroxyl groups is 1. The average Bonchev–Trinajstić information content (AvgIpc) is 2.78. The van der Waals surface area contributed by atoms with Gasteiger partial charge >= 0.3 is 5.97 Å². The Balaban J connectivity index is 1.54. The average molecular weight is 442 g/mol. The zero-order chi connectivity index (χ0) is 22.1. The van der Waals surface area contributed by atoms with Crippen LogP contribution in [0, 0.1) is 0 Å². The number of carbonyl (C=O) groups is 1. The normalized spacial score (nSPS) is 16.8. The van der Waals surface area contributed by atoms with E-state index >= 15 is 0 Å². The van der Waals surface area contributed by atoms with Crippen molar-refractivity contribution in [1.29, 1.82) is 0 Å². The Bertz CT molecular complexity index is 1210. The number of aliphatic carboxylic acids is 1. The third kappa shape index (κ3) is 4.25. The Morgan fingerprint density at radius 1 is 1.10 bits per heavy atom. The molecule has 2 aromatic carbocycles. The van der Waals surface area contributed by atoms with Crippen molar-refractivity contribution in [2.45, 2.75) is 23.3 Å². The first kappa shape index (κ1) is 21.2. The molecule has 1 aromatic heterocycles. The summed E-state index contributed by atoms with van der Waals surface area (Å²) >= 11 is 0. The number of aromatic nitrogens is 1. The highest BCUT2D eigenvalue weighted by Gasteiger charge is 2.39. The van der Waals surface area contributed by atoms with E-state index in [4.69, 9.17) is 9.84 Å². The van der Waals surface area contributed by atoms with E-state index in [1.807, 2.05) is 0 Å². The predicted molar refractivity (Wildman–Crippen MR) is 113 cm³/mol. The van der Waals surface area contributed by atoms with Gasteiger partial charge in [-0.05, 0) is 42.7 Å². The van der Waals surface area contributed by atoms with Crippen LogP contribution in [0.15, 0.2) is 65.7 Å². The first-order valence-corrected chi connectivity index (χ1v) is 11.2. The number of carboxylic acids is 1. The molecular weight excluding hydrogens is 420 g/mol. The Morgan fingerprint density at radius 2 is 1.84 bits per heavy atom. The van der Waals surface area contributed by atoms with Crippen LogP contribution in [0.5, 0.6) is 5.75 Å². The number of carboxylic acid groups (broad SMARTS) is 1. The second kappa shape index (κ2) is 8.26. The summed E-state index contributed by atoms with van der Waals surface area (Å²) in [5.74, 6) is -0.752. The molecule has 1 aliphatic rings. The van der Waals surface area contributed by atoms with E-state index in [1.54, 1.807) is 48.5 Å². The van der Waals surface area contributed by atoms with Crippen molar-refractivity contribution in [3.05, 3.63) is 66.4 Å². The lowest BCUT2D eigenvalue weighted by atomic mass is 9.85. The summed E-state index contributed by atoms with van der Waals surface area (Å²) in [6, 6.07) is 15.2. The summed E-state index contributed by atoms with van der Waals surface area (Å²) in [6.45, 7) is -0.181. The minimum Gasteiger partial charge on any atom is -0.482 e. The van der Waals surface area contributed by atoms with Gasteiger partial charge in [0.2, 0.25) is 10.0 Å². The van der Waals surface area contributed by atoms with Crippen molar-refractivity contribution < 1.29 is 28.2 Å². The molecule has 9 heteroatoms. The largest absolute Gasteiger partial charge is 0.482 e. The Kier molecular flexibility index (Phi) is 5.65. The van der Waals surface area contributed by atoms with E-state index in [0.29, 0.717) is 22.2 Å². The van der Waals surface area contributed by atoms with Gasteiger partial charge in [0.05, 0.1) is 16.0 Å². The van der Waals surface area contributed by atoms with Crippen molar-refractivity contribution in [3.63, 3.8) is 0 Å². The lowest BCUT2D eigenvalue weighted by molar-refractivity contribution is -0.139. The highest BCUT2D eigenvalue weighted by atomic mass is 32.2. The number of para-hydroxylation sites is 1. The molecule has 2 heterocycles. The van der Waals surface area contributed by atoms with Crippen LogP contribution in [0.4, 0.5) is 0 Å². The van der Waals surface area contributed by atoms with E-state index in [2.05, 4.69) is 4.98 Å². The fourth-order valence-electron chi connectivity index (χ4n) is 3.84. The number of hydrogen-bond donors (Lipinski definition) is 2. The molecule has 0 unspecified atom stereocenters. The molecular formula is C22H22N2O6S. The fourth-order valence-corrected chi connectivity index (χ4v) is 5.46. The van der Waals surface area contributed by atoms with E-state index in [9.17, 15) is 18.3 Å². The number of fused-ring (bicyclic) bond motifs is 1. The van der Waals surface area contributed by atoms with Gasteiger partial charge in [-0.25, -0.2) is 13.2 Å². The smallest absolute Gasteiger partial charge is 0.341 e. The second-order valence-electron chi connectivity index (χ2n) is 7.47. The van der Waals surface area contributed by atoms with Crippen LogP contribution in [-0.4, -0.2) is 53.6 Å². The molecule has 8 nitrogen and oxygen atoms in total. The summed E-state index contributed by atoms with van der Waals surface area (Å²) in [4.78, 5) is 15.1. The molecule has 162 valence electrons. The standard InChI is InChI=1S/C22H22N2O6S/c25-21(26)15-30-17-5-3-4-16(14-17)22(27)9-12-24(13-10-22)31(28,29)20-8-11-23-19-7-2-1-6-18(19)20/h1-8,11,14,27H,9-10,12-13,15H2,(H,25,26). The Hall–Kier alpha value is -3.01. The highest BCUT2D eigenvalue weighted by Crippen LogP contribution is 2.36. The third-order valence-electron chi connectivity index (χ3n) is 5.51. The van der Waals surface area contributed by atoms with Crippen molar-refractivity contribution >= 4 is 26.9 Å². The number of piperidine rings is 1. The van der Waals surface area contributed by atoms with Crippen LogP contribution in [0.3, 0.4) is 0 Å². The molecule has 0 amide bonds. The molecule has 1 aliphatic heterocycles. The first-order chi connectivity index (χ1) is 14.8. The lowest BCUT2D eigenvalue weighted by Crippen LogP contribution is -2.45. The van der Waals surface area contributed by atoms with E-state index in [-0.39, 0.29) is 30.8 Å². The van der Waals surface area contributed by atoms with Gasteiger partial charge in [-0.3, -0.25) is 4.98 Å². The molecule has 4 rings (SSSR count). The third-order valence-corrected chi connectivity index (χ3v) is 7.47. The van der Waals surface area contributed by atoms with Gasteiger partial charge < -0.3 is 14.9 Å². The quantitative estimate of drug-likeness (QED) is 0.602. The maximum Gasteiger partial charge on any atom is 0.341 e. The second-order valence-corrected chi connectivity index (χ2v) is 9.38. The maximum atomic E-state index is 13.3. The number of benzene rings is 2. The zero-order valence-corrected chi connectivity index (χ0v) is 17.5. The molecule has 2 N–H and O–H groups in total. The lowest BCUT2D eigenvalue weighted by Gasteiger charge is -2.38. The van der Waals surface area contributed by atoms with Gasteiger partial charge in [0.1, 0.15) is 5.75 Å². The Labute approximate surface area is 179 Å². The van der Waals surface area contributed by atoms with Gasteiger partial charge in [0, 0.05) is 24.7 Å². The molecule has 0 saturated carbocycles. The van der Waals surface area contributed by atoms with Crippen LogP contribution in [0.2, 0.25) is 0 Å². The van der Waals surface area contributed by atoms with Gasteiger partial charge in [-0.15, -0.1) is 0 Å². The molecule has 0 radical (unpaired) electrons. The molecule has 0 atom stereocenters. The minimum absolute atomic E-state index is 0.149. The van der Waals surface area contributed by atoms with Gasteiger partial charge in [-0.1, -0.05) is 30.3 Å². The van der Waals surface area contributed by atoms with Crippen molar-refractivity contribution in [1.82, 2.24) is 9.29 Å². The van der Waals surface area contributed by atoms with E-state index in [1.165, 1.54) is 16.6 Å². The number of nitrogens with zero attached hydrogens (tertiary/aromatic N) is 2. The van der Waals surface area contributed by atoms with Crippen molar-refractivity contribution in [2.24, 2.45) is 0 Å². The number of ether oxygens (including phenoxy) is 1. The monoisotopic (exact) mass is 442 g/mol. The van der Waals surface area contributed by atoms with Crippen LogP contribution in [0.25, 0.3) is 10.9 Å². The Morgan fingerprint density at radius 3 is 2.58 bits per heavy atom. The van der Waals surface area contributed by atoms with Crippen LogP contribution >= 0.6 is 0 Å². The summed E-state index contributed by atoms with van der Waals surface area (Å²) in [5.41, 5.74) is -0.0494. The zero-order valence-electron chi connectivity index (χ0n) is 16.6. The molecule has 3 aromatic rings. The number of hydrogen-bond acceptors (Lipinski definition) is 6. The van der Waals surface area contributed by atoms with Gasteiger partial charge in [0.25, 0.3) is 0 Å². The molecule has 0 bridgehead atoms.